The molecule has 1 atom stereocenters. The first kappa shape index (κ1) is 17.7. The molecule has 1 N–H and O–H groups in total. The number of hydrogen-bond donors (Lipinski definition) is 1. The molecule has 0 bridgehead atoms. The van der Waals surface area contributed by atoms with Crippen molar-refractivity contribution in [2.45, 2.75) is 19.4 Å². The molecule has 0 aliphatic rings. The SMILES string of the molecule is CCOC(=O)c1cccc(NC(Cc2ccccc2)c2ccccc2)c1. The largest absolute Gasteiger partial charge is 0.462 e. The van der Waals surface area contributed by atoms with Gasteiger partial charge in [0.15, 0.2) is 0 Å². The summed E-state index contributed by atoms with van der Waals surface area (Å²) in [5.41, 5.74) is 3.93. The number of nitrogens with one attached hydrogen (secondary N) is 1. The second-order valence-electron chi connectivity index (χ2n) is 6.10. The van der Waals surface area contributed by atoms with E-state index in [-0.39, 0.29) is 12.0 Å². The standard InChI is InChI=1S/C23H23NO2/c1-2-26-23(25)20-14-9-15-21(17-20)24-22(19-12-7-4-8-13-19)16-18-10-5-3-6-11-18/h3-15,17,22,24H,2,16H2,1H3. The van der Waals surface area contributed by atoms with E-state index in [1.54, 1.807) is 6.07 Å². The fourth-order valence-corrected chi connectivity index (χ4v) is 2.94. The molecule has 132 valence electrons. The van der Waals surface area contributed by atoms with Crippen molar-refractivity contribution in [1.29, 1.82) is 0 Å². The number of rotatable bonds is 7. The molecule has 0 aliphatic carbocycles. The van der Waals surface area contributed by atoms with Crippen LogP contribution in [0.1, 0.15) is 34.5 Å². The highest BCUT2D eigenvalue weighted by atomic mass is 16.5. The number of anilines is 1. The minimum absolute atomic E-state index is 0.107. The molecule has 3 aromatic rings. The average Bonchev–Trinajstić information content (AvgIpc) is 2.69. The minimum Gasteiger partial charge on any atom is -0.462 e. The fraction of sp³-hybridized carbons (Fsp3) is 0.174. The zero-order valence-electron chi connectivity index (χ0n) is 14.9. The van der Waals surface area contributed by atoms with Gasteiger partial charge >= 0.3 is 5.97 Å². The Balaban J connectivity index is 1.84. The topological polar surface area (TPSA) is 38.3 Å². The molecule has 0 aliphatic heterocycles. The molecule has 0 saturated heterocycles. The Morgan fingerprint density at radius 3 is 2.31 bits per heavy atom. The van der Waals surface area contributed by atoms with Crippen molar-refractivity contribution in [2.24, 2.45) is 0 Å². The molecular weight excluding hydrogens is 322 g/mol. The van der Waals surface area contributed by atoms with E-state index in [1.807, 2.05) is 49.4 Å². The van der Waals surface area contributed by atoms with E-state index in [0.29, 0.717) is 12.2 Å². The highest BCUT2D eigenvalue weighted by molar-refractivity contribution is 5.90. The van der Waals surface area contributed by atoms with Gasteiger partial charge in [-0.15, -0.1) is 0 Å². The van der Waals surface area contributed by atoms with Gasteiger partial charge in [-0.3, -0.25) is 0 Å². The lowest BCUT2D eigenvalue weighted by atomic mass is 9.98. The quantitative estimate of drug-likeness (QED) is 0.594. The molecular formula is C23H23NO2. The molecule has 0 amide bonds. The summed E-state index contributed by atoms with van der Waals surface area (Å²) in [5.74, 6) is -0.296. The maximum Gasteiger partial charge on any atom is 0.338 e. The van der Waals surface area contributed by atoms with Gasteiger partial charge in [0.05, 0.1) is 18.2 Å². The molecule has 0 aromatic heterocycles. The number of hydrogen-bond acceptors (Lipinski definition) is 3. The van der Waals surface area contributed by atoms with Crippen LogP contribution < -0.4 is 5.32 Å². The molecule has 3 rings (SSSR count). The smallest absolute Gasteiger partial charge is 0.338 e. The third-order valence-electron chi connectivity index (χ3n) is 4.20. The van der Waals surface area contributed by atoms with E-state index < -0.39 is 0 Å². The molecule has 0 spiro atoms. The maximum absolute atomic E-state index is 12.0. The van der Waals surface area contributed by atoms with Crippen molar-refractivity contribution in [3.8, 4) is 0 Å². The van der Waals surface area contributed by atoms with Crippen molar-refractivity contribution in [2.75, 3.05) is 11.9 Å². The van der Waals surface area contributed by atoms with Crippen LogP contribution >= 0.6 is 0 Å². The fourth-order valence-electron chi connectivity index (χ4n) is 2.94. The van der Waals surface area contributed by atoms with Crippen molar-refractivity contribution in [3.63, 3.8) is 0 Å². The third kappa shape index (κ3) is 4.73. The molecule has 26 heavy (non-hydrogen) atoms. The Morgan fingerprint density at radius 1 is 0.923 bits per heavy atom. The number of ether oxygens (including phenoxy) is 1. The van der Waals surface area contributed by atoms with Crippen LogP contribution in [0.25, 0.3) is 0 Å². The molecule has 0 saturated carbocycles. The van der Waals surface area contributed by atoms with E-state index in [9.17, 15) is 4.79 Å². The van der Waals surface area contributed by atoms with Crippen LogP contribution in [0.2, 0.25) is 0 Å². The van der Waals surface area contributed by atoms with Crippen LogP contribution in [0.4, 0.5) is 5.69 Å². The number of carbonyl (C=O) groups excluding carboxylic acids is 1. The van der Waals surface area contributed by atoms with Gasteiger partial charge in [0.25, 0.3) is 0 Å². The molecule has 0 fully saturated rings. The van der Waals surface area contributed by atoms with Gasteiger partial charge in [-0.25, -0.2) is 4.79 Å². The van der Waals surface area contributed by atoms with E-state index in [1.165, 1.54) is 11.1 Å². The Bertz CT molecular complexity index is 831. The summed E-state index contributed by atoms with van der Waals surface area (Å²) in [6, 6.07) is 28.3. The molecule has 3 heteroatoms. The second-order valence-corrected chi connectivity index (χ2v) is 6.10. The molecule has 0 radical (unpaired) electrons. The predicted molar refractivity (Wildman–Crippen MR) is 105 cm³/mol. The highest BCUT2D eigenvalue weighted by Crippen LogP contribution is 2.24. The second kappa shape index (κ2) is 8.86. The lowest BCUT2D eigenvalue weighted by Gasteiger charge is -2.21. The third-order valence-corrected chi connectivity index (χ3v) is 4.20. The van der Waals surface area contributed by atoms with E-state index >= 15 is 0 Å². The Morgan fingerprint density at radius 2 is 1.62 bits per heavy atom. The summed E-state index contributed by atoms with van der Waals surface area (Å²) in [5, 5.41) is 3.57. The normalized spacial score (nSPS) is 11.6. The van der Waals surface area contributed by atoms with Gasteiger partial charge in [-0.05, 0) is 42.7 Å². The van der Waals surface area contributed by atoms with Crippen LogP contribution in [0.5, 0.6) is 0 Å². The number of benzene rings is 3. The summed E-state index contributed by atoms with van der Waals surface area (Å²) >= 11 is 0. The van der Waals surface area contributed by atoms with Crippen LogP contribution in [-0.4, -0.2) is 12.6 Å². The number of carbonyl (C=O) groups is 1. The maximum atomic E-state index is 12.0. The van der Waals surface area contributed by atoms with Crippen molar-refractivity contribution < 1.29 is 9.53 Å². The van der Waals surface area contributed by atoms with Crippen molar-refractivity contribution >= 4 is 11.7 Å². The minimum atomic E-state index is -0.296. The first-order valence-corrected chi connectivity index (χ1v) is 8.89. The van der Waals surface area contributed by atoms with Crippen LogP contribution in [0, 0.1) is 0 Å². The zero-order valence-corrected chi connectivity index (χ0v) is 14.9. The number of esters is 1. The Hall–Kier alpha value is -3.07. The summed E-state index contributed by atoms with van der Waals surface area (Å²) < 4.78 is 5.10. The summed E-state index contributed by atoms with van der Waals surface area (Å²) in [6.07, 6.45) is 0.856. The molecule has 3 nitrogen and oxygen atoms in total. The lowest BCUT2D eigenvalue weighted by Crippen LogP contribution is -2.14. The predicted octanol–water partition coefficient (Wildman–Crippen LogP) is 5.26. The summed E-state index contributed by atoms with van der Waals surface area (Å²) in [4.78, 5) is 12.0. The first-order chi connectivity index (χ1) is 12.8. The van der Waals surface area contributed by atoms with Crippen molar-refractivity contribution in [1.82, 2.24) is 0 Å². The van der Waals surface area contributed by atoms with Crippen LogP contribution in [-0.2, 0) is 11.2 Å². The van der Waals surface area contributed by atoms with Gasteiger partial charge in [-0.2, -0.15) is 0 Å². The van der Waals surface area contributed by atoms with E-state index in [0.717, 1.165) is 12.1 Å². The highest BCUT2D eigenvalue weighted by Gasteiger charge is 2.13. The first-order valence-electron chi connectivity index (χ1n) is 8.89. The van der Waals surface area contributed by atoms with Gasteiger partial charge < -0.3 is 10.1 Å². The average molecular weight is 345 g/mol. The monoisotopic (exact) mass is 345 g/mol. The van der Waals surface area contributed by atoms with Gasteiger partial charge in [-0.1, -0.05) is 66.7 Å². The van der Waals surface area contributed by atoms with Gasteiger partial charge in [0, 0.05) is 5.69 Å². The Labute approximate surface area is 154 Å². The summed E-state index contributed by atoms with van der Waals surface area (Å²) in [7, 11) is 0. The van der Waals surface area contributed by atoms with E-state index in [4.69, 9.17) is 4.74 Å². The lowest BCUT2D eigenvalue weighted by molar-refractivity contribution is 0.0526. The van der Waals surface area contributed by atoms with E-state index in [2.05, 4.69) is 41.7 Å². The summed E-state index contributed by atoms with van der Waals surface area (Å²) in [6.45, 7) is 2.18. The Kier molecular flexibility index (Phi) is 6.05. The molecule has 3 aromatic carbocycles. The zero-order chi connectivity index (χ0) is 18.2. The van der Waals surface area contributed by atoms with Crippen LogP contribution in [0.15, 0.2) is 84.9 Å². The molecule has 0 heterocycles. The molecule has 1 unspecified atom stereocenters. The van der Waals surface area contributed by atoms with Crippen molar-refractivity contribution in [3.05, 3.63) is 102 Å². The van der Waals surface area contributed by atoms with Gasteiger partial charge in [0.1, 0.15) is 0 Å². The van der Waals surface area contributed by atoms with Crippen LogP contribution in [0.3, 0.4) is 0 Å². The van der Waals surface area contributed by atoms with Gasteiger partial charge in [0.2, 0.25) is 0 Å².